The van der Waals surface area contributed by atoms with E-state index in [1.165, 1.54) is 0 Å². The van der Waals surface area contributed by atoms with Crippen molar-refractivity contribution in [2.24, 2.45) is 0 Å². The van der Waals surface area contributed by atoms with E-state index in [1.807, 2.05) is 29.2 Å². The molecule has 0 unspecified atom stereocenters. The van der Waals surface area contributed by atoms with Gasteiger partial charge in [0.25, 0.3) is 5.91 Å². The Balaban J connectivity index is 1.73. The summed E-state index contributed by atoms with van der Waals surface area (Å²) in [6.07, 6.45) is 7.01. The first-order chi connectivity index (χ1) is 12.8. The van der Waals surface area contributed by atoms with E-state index in [1.54, 1.807) is 24.8 Å². The van der Waals surface area contributed by atoms with Crippen LogP contribution in [0.15, 0.2) is 49.1 Å². The van der Waals surface area contributed by atoms with Gasteiger partial charge in [0.2, 0.25) is 0 Å². The number of piperazine rings is 1. The van der Waals surface area contributed by atoms with Crippen molar-refractivity contribution < 1.29 is 4.79 Å². The van der Waals surface area contributed by atoms with E-state index in [2.05, 4.69) is 26.8 Å². The quantitative estimate of drug-likeness (QED) is 0.728. The van der Waals surface area contributed by atoms with Crippen molar-refractivity contribution in [2.45, 2.75) is 6.92 Å². The zero-order valence-corrected chi connectivity index (χ0v) is 14.8. The van der Waals surface area contributed by atoms with Crippen molar-refractivity contribution in [1.82, 2.24) is 24.8 Å². The number of hydrogen-bond acceptors (Lipinski definition) is 5. The zero-order chi connectivity index (χ0) is 17.9. The number of aromatic nitrogens is 3. The van der Waals surface area contributed by atoms with E-state index in [0.717, 1.165) is 54.8 Å². The maximum Gasteiger partial charge on any atom is 0.272 e. The molecule has 26 heavy (non-hydrogen) atoms. The fourth-order valence-corrected chi connectivity index (χ4v) is 3.38. The molecule has 4 heterocycles. The third-order valence-corrected chi connectivity index (χ3v) is 4.93. The van der Waals surface area contributed by atoms with Crippen LogP contribution in [0.1, 0.15) is 17.4 Å². The van der Waals surface area contributed by atoms with Crippen molar-refractivity contribution in [3.63, 3.8) is 0 Å². The summed E-state index contributed by atoms with van der Waals surface area (Å²) in [5, 5.41) is 0.936. The van der Waals surface area contributed by atoms with Crippen LogP contribution in [0.4, 0.5) is 0 Å². The number of rotatable bonds is 3. The summed E-state index contributed by atoms with van der Waals surface area (Å²) in [7, 11) is 0. The normalized spacial score (nSPS) is 15.3. The van der Waals surface area contributed by atoms with Gasteiger partial charge in [0.1, 0.15) is 5.69 Å². The lowest BCUT2D eigenvalue weighted by Gasteiger charge is -2.33. The number of carbonyl (C=O) groups is 1. The Morgan fingerprint density at radius 1 is 1.04 bits per heavy atom. The Hall–Kier alpha value is -2.86. The first-order valence-electron chi connectivity index (χ1n) is 8.93. The number of amides is 1. The Kier molecular flexibility index (Phi) is 4.58. The second-order valence-electron chi connectivity index (χ2n) is 6.41. The smallest absolute Gasteiger partial charge is 0.272 e. The highest BCUT2D eigenvalue weighted by molar-refractivity contribution is 6.01. The first-order valence-corrected chi connectivity index (χ1v) is 8.93. The van der Waals surface area contributed by atoms with Crippen molar-refractivity contribution in [1.29, 1.82) is 0 Å². The fraction of sp³-hybridized carbons (Fsp3) is 0.300. The Morgan fingerprint density at radius 3 is 2.50 bits per heavy atom. The minimum Gasteiger partial charge on any atom is -0.335 e. The molecule has 0 atom stereocenters. The maximum absolute atomic E-state index is 13.0. The molecule has 0 spiro atoms. The molecule has 0 radical (unpaired) electrons. The molecule has 1 amide bonds. The molecule has 6 heteroatoms. The molecule has 132 valence electrons. The second-order valence-corrected chi connectivity index (χ2v) is 6.41. The largest absolute Gasteiger partial charge is 0.335 e. The Bertz CT molecular complexity index is 920. The van der Waals surface area contributed by atoms with Crippen LogP contribution in [-0.2, 0) is 0 Å². The number of nitrogens with zero attached hydrogens (tertiary/aromatic N) is 5. The maximum atomic E-state index is 13.0. The molecule has 3 aromatic heterocycles. The number of carbonyl (C=O) groups excluding carboxylic acids is 1. The van der Waals surface area contributed by atoms with Gasteiger partial charge < -0.3 is 9.80 Å². The van der Waals surface area contributed by atoms with Gasteiger partial charge in [0, 0.05) is 56.4 Å². The van der Waals surface area contributed by atoms with Crippen LogP contribution in [0.25, 0.3) is 22.0 Å². The molecule has 1 aliphatic heterocycles. The highest BCUT2D eigenvalue weighted by atomic mass is 16.2. The highest BCUT2D eigenvalue weighted by Gasteiger charge is 2.23. The van der Waals surface area contributed by atoms with Gasteiger partial charge in [0.15, 0.2) is 0 Å². The van der Waals surface area contributed by atoms with Gasteiger partial charge in [-0.25, -0.2) is 4.98 Å². The molecular weight excluding hydrogens is 326 g/mol. The standard InChI is InChI=1S/C20H21N5O/c1-2-24-9-11-25(12-10-24)20(26)19-13-16(15-3-6-21-7-4-15)17-14-22-8-5-18(17)23-19/h3-8,13-14H,2,9-12H2,1H3. The molecule has 0 N–H and O–H groups in total. The predicted molar refractivity (Wildman–Crippen MR) is 101 cm³/mol. The van der Waals surface area contributed by atoms with Crippen LogP contribution in [0.3, 0.4) is 0 Å². The summed E-state index contributed by atoms with van der Waals surface area (Å²) in [6.45, 7) is 6.49. The van der Waals surface area contributed by atoms with Crippen LogP contribution >= 0.6 is 0 Å². The van der Waals surface area contributed by atoms with Crippen LogP contribution in [0.5, 0.6) is 0 Å². The molecule has 0 bridgehead atoms. The minimum atomic E-state index is -0.00484. The summed E-state index contributed by atoms with van der Waals surface area (Å²) in [4.78, 5) is 30.2. The lowest BCUT2D eigenvalue weighted by molar-refractivity contribution is 0.0638. The van der Waals surface area contributed by atoms with Gasteiger partial charge in [-0.3, -0.25) is 14.8 Å². The van der Waals surface area contributed by atoms with E-state index in [0.29, 0.717) is 5.69 Å². The molecule has 0 aliphatic carbocycles. The molecular formula is C20H21N5O. The SMILES string of the molecule is CCN1CCN(C(=O)c2cc(-c3ccncc3)c3cnccc3n2)CC1. The van der Waals surface area contributed by atoms with Gasteiger partial charge in [-0.15, -0.1) is 0 Å². The molecule has 1 saturated heterocycles. The molecule has 6 nitrogen and oxygen atoms in total. The molecule has 4 rings (SSSR count). The van der Waals surface area contributed by atoms with E-state index in [-0.39, 0.29) is 5.91 Å². The third-order valence-electron chi connectivity index (χ3n) is 4.93. The number of likely N-dealkylation sites (N-methyl/N-ethyl adjacent to an activating group) is 1. The molecule has 0 aromatic carbocycles. The third kappa shape index (κ3) is 3.15. The van der Waals surface area contributed by atoms with Crippen molar-refractivity contribution in [2.75, 3.05) is 32.7 Å². The first kappa shape index (κ1) is 16.6. The Morgan fingerprint density at radius 2 is 1.77 bits per heavy atom. The molecule has 0 saturated carbocycles. The van der Waals surface area contributed by atoms with E-state index < -0.39 is 0 Å². The van der Waals surface area contributed by atoms with Gasteiger partial charge in [-0.2, -0.15) is 0 Å². The number of fused-ring (bicyclic) bond motifs is 1. The number of pyridine rings is 3. The molecule has 1 fully saturated rings. The van der Waals surface area contributed by atoms with Crippen molar-refractivity contribution >= 4 is 16.8 Å². The van der Waals surface area contributed by atoms with E-state index in [4.69, 9.17) is 0 Å². The van der Waals surface area contributed by atoms with Crippen LogP contribution < -0.4 is 0 Å². The van der Waals surface area contributed by atoms with Crippen molar-refractivity contribution in [3.05, 3.63) is 54.7 Å². The van der Waals surface area contributed by atoms with Crippen LogP contribution in [-0.4, -0.2) is 63.4 Å². The summed E-state index contributed by atoms with van der Waals surface area (Å²) in [5.41, 5.74) is 3.23. The monoisotopic (exact) mass is 347 g/mol. The van der Waals surface area contributed by atoms with Gasteiger partial charge in [-0.1, -0.05) is 6.92 Å². The van der Waals surface area contributed by atoms with Crippen LogP contribution in [0.2, 0.25) is 0 Å². The predicted octanol–water partition coefficient (Wildman–Crippen LogP) is 2.47. The topological polar surface area (TPSA) is 62.2 Å². The fourth-order valence-electron chi connectivity index (χ4n) is 3.38. The average molecular weight is 347 g/mol. The van der Waals surface area contributed by atoms with E-state index in [9.17, 15) is 4.79 Å². The van der Waals surface area contributed by atoms with Crippen LogP contribution in [0, 0.1) is 0 Å². The average Bonchev–Trinajstić information content (AvgIpc) is 2.73. The zero-order valence-electron chi connectivity index (χ0n) is 14.8. The summed E-state index contributed by atoms with van der Waals surface area (Å²) < 4.78 is 0. The minimum absolute atomic E-state index is 0.00484. The number of hydrogen-bond donors (Lipinski definition) is 0. The Labute approximate surface area is 152 Å². The summed E-state index contributed by atoms with van der Waals surface area (Å²) in [6, 6.07) is 7.62. The highest BCUT2D eigenvalue weighted by Crippen LogP contribution is 2.28. The van der Waals surface area contributed by atoms with Gasteiger partial charge >= 0.3 is 0 Å². The summed E-state index contributed by atoms with van der Waals surface area (Å²) >= 11 is 0. The van der Waals surface area contributed by atoms with Crippen molar-refractivity contribution in [3.8, 4) is 11.1 Å². The lowest BCUT2D eigenvalue weighted by atomic mass is 10.0. The lowest BCUT2D eigenvalue weighted by Crippen LogP contribution is -2.48. The van der Waals surface area contributed by atoms with E-state index >= 15 is 0 Å². The summed E-state index contributed by atoms with van der Waals surface area (Å²) in [5.74, 6) is -0.00484. The van der Waals surface area contributed by atoms with Gasteiger partial charge in [0.05, 0.1) is 5.52 Å². The van der Waals surface area contributed by atoms with Gasteiger partial charge in [-0.05, 0) is 41.9 Å². The second kappa shape index (κ2) is 7.17. The molecule has 1 aliphatic rings. The molecule has 3 aromatic rings.